The van der Waals surface area contributed by atoms with Gasteiger partial charge in [0, 0.05) is 6.42 Å². The molecule has 11 N–H and O–H groups in total. The van der Waals surface area contributed by atoms with E-state index in [-0.39, 0.29) is 30.4 Å². The van der Waals surface area contributed by atoms with Crippen LogP contribution in [0.15, 0.2) is 0 Å². The third kappa shape index (κ3) is 15.2. The van der Waals surface area contributed by atoms with Crippen LogP contribution >= 0.6 is 0 Å². The monoisotopic (exact) mass is 863 g/mol. The minimum Gasteiger partial charge on any atom is -0.404 e. The average molecular weight is 863 g/mol. The molecule has 0 spiro atoms. The predicted octanol–water partition coefficient (Wildman–Crippen LogP) is 1.61. The molecule has 1 heterocycles. The minimum absolute atomic E-state index is 0.0577. The molecule has 1 saturated heterocycles. The molecule has 6 amide bonds. The van der Waals surface area contributed by atoms with Gasteiger partial charge in [0.2, 0.25) is 35.4 Å². The number of hydrogen-bond acceptors (Lipinski definition) is 11. The van der Waals surface area contributed by atoms with Crippen LogP contribution in [0.4, 0.5) is 0 Å². The summed E-state index contributed by atoms with van der Waals surface area (Å²) >= 11 is 0. The van der Waals surface area contributed by atoms with E-state index in [1.165, 1.54) is 33.1 Å². The molecule has 4 rings (SSSR count). The van der Waals surface area contributed by atoms with Crippen LogP contribution in [-0.4, -0.2) is 115 Å². The second-order valence-corrected chi connectivity index (χ2v) is 18.5. The number of carbonyl (C=O) groups excluding carboxylic acids is 6. The molecule has 0 aromatic rings. The lowest BCUT2D eigenvalue weighted by Gasteiger charge is -2.64. The fourth-order valence-electron chi connectivity index (χ4n) is 9.11. The summed E-state index contributed by atoms with van der Waals surface area (Å²) in [5.74, 6) is -3.08. The normalized spacial score (nSPS) is 24.1. The smallest absolute Gasteiger partial charge is 0.404 e. The minimum atomic E-state index is -1.49. The van der Waals surface area contributed by atoms with Gasteiger partial charge in [0.15, 0.2) is 0 Å². The number of unbranched alkanes of at least 4 members (excludes halogenated alkanes) is 8. The fourth-order valence-corrected chi connectivity index (χ4v) is 9.11. The zero-order chi connectivity index (χ0) is 45.3. The van der Waals surface area contributed by atoms with Crippen LogP contribution in [-0.2, 0) is 38.1 Å². The van der Waals surface area contributed by atoms with Gasteiger partial charge in [0.1, 0.15) is 24.2 Å². The second-order valence-electron chi connectivity index (χ2n) is 18.5. The first kappa shape index (κ1) is 52.0. The van der Waals surface area contributed by atoms with E-state index in [9.17, 15) is 33.9 Å². The topological polar surface area (TPSA) is 265 Å². The van der Waals surface area contributed by atoms with Gasteiger partial charge >= 0.3 is 7.12 Å². The molecule has 0 radical (unpaired) electrons. The van der Waals surface area contributed by atoms with E-state index in [1.807, 2.05) is 6.92 Å². The number of nitrogens with two attached hydrogens (primary N) is 2. The van der Waals surface area contributed by atoms with E-state index in [2.05, 4.69) is 59.6 Å². The molecular weight excluding hydrogens is 783 g/mol. The predicted molar refractivity (Wildman–Crippen MR) is 234 cm³/mol. The van der Waals surface area contributed by atoms with Gasteiger partial charge in [-0.1, -0.05) is 59.3 Å². The van der Waals surface area contributed by atoms with Gasteiger partial charge in [0.05, 0.1) is 30.3 Å². The Morgan fingerprint density at radius 2 is 1.30 bits per heavy atom. The summed E-state index contributed by atoms with van der Waals surface area (Å²) < 4.78 is 12.9. The van der Waals surface area contributed by atoms with Crippen molar-refractivity contribution < 1.29 is 43.2 Å². The first-order chi connectivity index (χ1) is 28.9. The van der Waals surface area contributed by atoms with E-state index in [4.69, 9.17) is 20.8 Å². The molecule has 4 aliphatic rings. The zero-order valence-electron chi connectivity index (χ0n) is 38.1. The van der Waals surface area contributed by atoms with Gasteiger partial charge in [-0.15, -0.1) is 0 Å². The SMILES string of the molecule is CCCCCCCCCC(=O)NCC(=O)N[C@@H](CCCCN)C(=O)N[C@H](C(=O)N[C@@H](C)C(=O)N[C@@H](CCCCN)C(=O)N[C@@H](C)B1O[C@@H]2C[C@@H]3C[C@@H](C3(C)C)[C@]2(C)O1)[C@@H](C)O. The standard InChI is InChI=1S/C43H79BN8O9/c1-8-9-10-11-12-13-14-21-35(54)47-26-36(55)50-31(19-15-17-22-45)40(58)52-37(28(3)53)41(59)48-27(2)38(56)51-32(20-16-18-23-46)39(57)49-29(4)44-60-34-25-30-24-33(42(30,5)6)43(34,7)61-44/h27-34,37,53H,8-26,45-46H2,1-7H3,(H,47,54)(H,48,59)(H,49,57)(H,50,55)(H,51,56)(H,52,58)/t27-,28+,29-,30-,31-,32-,33-,34+,37-,43-/m0/s1. The Bertz CT molecular complexity index is 1460. The Morgan fingerprint density at radius 1 is 0.705 bits per heavy atom. The summed E-state index contributed by atoms with van der Waals surface area (Å²) in [7, 11) is -0.653. The lowest BCUT2D eigenvalue weighted by molar-refractivity contribution is -0.199. The van der Waals surface area contributed by atoms with Crippen molar-refractivity contribution in [3.63, 3.8) is 0 Å². The van der Waals surface area contributed by atoms with Crippen LogP contribution in [0.2, 0.25) is 0 Å². The average Bonchev–Trinajstić information content (AvgIpc) is 3.58. The third-order valence-corrected chi connectivity index (χ3v) is 13.2. The maximum absolute atomic E-state index is 13.7. The second kappa shape index (κ2) is 25.1. The highest BCUT2D eigenvalue weighted by Gasteiger charge is 2.68. The van der Waals surface area contributed by atoms with Gasteiger partial charge < -0.3 is 57.8 Å². The van der Waals surface area contributed by atoms with Gasteiger partial charge in [-0.25, -0.2) is 0 Å². The maximum Gasteiger partial charge on any atom is 0.481 e. The van der Waals surface area contributed by atoms with Gasteiger partial charge in [-0.2, -0.15) is 0 Å². The maximum atomic E-state index is 13.7. The number of rotatable bonds is 29. The summed E-state index contributed by atoms with van der Waals surface area (Å²) in [4.78, 5) is 79.3. The molecule has 0 unspecified atom stereocenters. The first-order valence-corrected chi connectivity index (χ1v) is 23.1. The van der Waals surface area contributed by atoms with Crippen LogP contribution in [0.3, 0.4) is 0 Å². The molecule has 348 valence electrons. The number of amides is 6. The molecule has 4 fully saturated rings. The Hall–Kier alpha value is -3.32. The van der Waals surface area contributed by atoms with E-state index >= 15 is 0 Å². The van der Waals surface area contributed by atoms with Crippen molar-refractivity contribution in [3.8, 4) is 0 Å². The molecule has 18 heteroatoms. The summed E-state index contributed by atoms with van der Waals surface area (Å²) in [5.41, 5.74) is 11.1. The summed E-state index contributed by atoms with van der Waals surface area (Å²) in [6.45, 7) is 13.8. The van der Waals surface area contributed by atoms with Crippen LogP contribution in [0.1, 0.15) is 151 Å². The highest BCUT2D eigenvalue weighted by molar-refractivity contribution is 6.47. The molecule has 1 aliphatic heterocycles. The highest BCUT2D eigenvalue weighted by atomic mass is 16.7. The molecule has 3 saturated carbocycles. The quantitative estimate of drug-likeness (QED) is 0.0385. The van der Waals surface area contributed by atoms with Crippen LogP contribution in [0.25, 0.3) is 0 Å². The molecule has 0 aromatic carbocycles. The van der Waals surface area contributed by atoms with Gasteiger partial charge in [-0.3, -0.25) is 28.8 Å². The summed E-state index contributed by atoms with van der Waals surface area (Å²) in [6.07, 6.45) is 11.0. The Morgan fingerprint density at radius 3 is 1.89 bits per heavy atom. The third-order valence-electron chi connectivity index (χ3n) is 13.2. The van der Waals surface area contributed by atoms with Crippen LogP contribution in [0.5, 0.6) is 0 Å². The van der Waals surface area contributed by atoms with Crippen molar-refractivity contribution in [2.24, 2.45) is 28.7 Å². The first-order valence-electron chi connectivity index (χ1n) is 23.1. The van der Waals surface area contributed by atoms with Crippen molar-refractivity contribution in [1.82, 2.24) is 31.9 Å². The van der Waals surface area contributed by atoms with E-state index in [0.717, 1.165) is 38.5 Å². The summed E-state index contributed by atoms with van der Waals surface area (Å²) in [6, 6.07) is -4.70. The Labute approximate surface area is 364 Å². The number of nitrogens with one attached hydrogen (secondary N) is 6. The van der Waals surface area contributed by atoms with Gasteiger partial charge in [-0.05, 0) is 116 Å². The van der Waals surface area contributed by atoms with Crippen molar-refractivity contribution in [2.45, 2.75) is 199 Å². The molecular formula is C43H79BN8O9. The number of hydrogen-bond donors (Lipinski definition) is 9. The van der Waals surface area contributed by atoms with Crippen molar-refractivity contribution in [3.05, 3.63) is 0 Å². The Balaban J connectivity index is 1.54. The lowest BCUT2D eigenvalue weighted by atomic mass is 9.43. The largest absolute Gasteiger partial charge is 0.481 e. The molecule has 2 bridgehead atoms. The van der Waals surface area contributed by atoms with E-state index < -0.39 is 78.5 Å². The fraction of sp³-hybridized carbons (Fsp3) is 0.860. The van der Waals surface area contributed by atoms with E-state index in [1.54, 1.807) is 0 Å². The molecule has 17 nitrogen and oxygen atoms in total. The van der Waals surface area contributed by atoms with E-state index in [0.29, 0.717) is 63.5 Å². The van der Waals surface area contributed by atoms with Crippen molar-refractivity contribution >= 4 is 42.6 Å². The number of aliphatic hydroxyl groups is 1. The Kier molecular flexibility index (Phi) is 21.4. The van der Waals surface area contributed by atoms with Crippen LogP contribution in [0, 0.1) is 17.3 Å². The van der Waals surface area contributed by atoms with Gasteiger partial charge in [0.25, 0.3) is 0 Å². The van der Waals surface area contributed by atoms with Crippen molar-refractivity contribution in [2.75, 3.05) is 19.6 Å². The molecule has 0 aromatic heterocycles. The van der Waals surface area contributed by atoms with Crippen molar-refractivity contribution in [1.29, 1.82) is 0 Å². The lowest BCUT2D eigenvalue weighted by Crippen LogP contribution is -2.65. The number of carbonyl (C=O) groups is 6. The highest BCUT2D eigenvalue weighted by Crippen LogP contribution is 2.65. The molecule has 61 heavy (non-hydrogen) atoms. The molecule has 10 atom stereocenters. The number of aliphatic hydroxyl groups excluding tert-OH is 1. The van der Waals surface area contributed by atoms with Crippen LogP contribution < -0.4 is 43.4 Å². The summed E-state index contributed by atoms with van der Waals surface area (Å²) in [5, 5.41) is 26.6. The molecule has 3 aliphatic carbocycles. The zero-order valence-corrected chi connectivity index (χ0v) is 38.1.